The maximum Gasteiger partial charge on any atom is 0.0528 e. The molecule has 2 aromatic rings. The Kier molecular flexibility index (Phi) is 2.96. The van der Waals surface area contributed by atoms with Gasteiger partial charge in [-0.15, -0.1) is 11.8 Å². The molecule has 3 rings (SSSR count). The van der Waals surface area contributed by atoms with Gasteiger partial charge in [0.25, 0.3) is 0 Å². The summed E-state index contributed by atoms with van der Waals surface area (Å²) in [5.74, 6) is 0. The third-order valence-electron chi connectivity index (χ3n) is 2.82. The number of hydrogen-bond acceptors (Lipinski definition) is 1. The maximum absolute atomic E-state index is 5.91. The molecule has 2 heteroatoms. The zero-order valence-electron chi connectivity index (χ0n) is 9.14. The molecule has 0 aliphatic carbocycles. The normalized spacial score (nSPS) is 17.8. The van der Waals surface area contributed by atoms with E-state index in [-0.39, 0.29) is 0 Å². The van der Waals surface area contributed by atoms with E-state index in [1.807, 2.05) is 23.9 Å². The first kappa shape index (κ1) is 10.9. The van der Waals surface area contributed by atoms with E-state index in [2.05, 4.69) is 48.6 Å². The lowest BCUT2D eigenvalue weighted by atomic mass is 10.1. The average molecular weight is 259 g/mol. The van der Waals surface area contributed by atoms with Gasteiger partial charge < -0.3 is 0 Å². The minimum absolute atomic E-state index is 0.391. The summed E-state index contributed by atoms with van der Waals surface area (Å²) >= 11 is 7.79. The van der Waals surface area contributed by atoms with Crippen LogP contribution in [0, 0.1) is 0 Å². The summed E-state index contributed by atoms with van der Waals surface area (Å²) in [5.41, 5.74) is 2.60. The van der Waals surface area contributed by atoms with E-state index in [0.29, 0.717) is 5.25 Å². The van der Waals surface area contributed by atoms with Crippen molar-refractivity contribution >= 4 is 29.4 Å². The molecule has 0 nitrogen and oxygen atoms in total. The first-order chi connectivity index (χ1) is 8.33. The molecule has 0 amide bonds. The quantitative estimate of drug-likeness (QED) is 0.677. The molecule has 0 fully saturated rings. The average Bonchev–Trinajstić information content (AvgIpc) is 2.39. The monoisotopic (exact) mass is 258 g/mol. The summed E-state index contributed by atoms with van der Waals surface area (Å²) in [7, 11) is 0. The van der Waals surface area contributed by atoms with Gasteiger partial charge in [0, 0.05) is 9.92 Å². The molecule has 0 spiro atoms. The fraction of sp³-hybridized carbons (Fsp3) is 0.0667. The molecular weight excluding hydrogens is 248 g/mol. The highest BCUT2D eigenvalue weighted by molar-refractivity contribution is 7.99. The number of fused-ring (bicyclic) bond motifs is 1. The Balaban J connectivity index is 1.92. The molecule has 0 bridgehead atoms. The van der Waals surface area contributed by atoms with E-state index < -0.39 is 0 Å². The fourth-order valence-electron chi connectivity index (χ4n) is 1.92. The Labute approximate surface area is 110 Å². The second kappa shape index (κ2) is 4.59. The van der Waals surface area contributed by atoms with Gasteiger partial charge in [-0.05, 0) is 29.3 Å². The second-order valence-corrected chi connectivity index (χ2v) is 5.61. The minimum atomic E-state index is 0.391. The third-order valence-corrected chi connectivity index (χ3v) is 4.38. The molecule has 84 valence electrons. The van der Waals surface area contributed by atoms with Crippen molar-refractivity contribution in [1.29, 1.82) is 0 Å². The molecule has 0 N–H and O–H groups in total. The van der Waals surface area contributed by atoms with Crippen molar-refractivity contribution in [3.63, 3.8) is 0 Å². The molecule has 1 atom stereocenters. The van der Waals surface area contributed by atoms with Crippen LogP contribution in [-0.4, -0.2) is 0 Å². The molecule has 0 unspecified atom stereocenters. The van der Waals surface area contributed by atoms with Crippen LogP contribution in [0.5, 0.6) is 0 Å². The predicted molar refractivity (Wildman–Crippen MR) is 75.5 cm³/mol. The van der Waals surface area contributed by atoms with Crippen molar-refractivity contribution in [3.8, 4) is 0 Å². The topological polar surface area (TPSA) is 0 Å². The van der Waals surface area contributed by atoms with E-state index >= 15 is 0 Å². The Bertz CT molecular complexity index is 557. The standard InChI is InChI=1S/C15H11ClS/c16-13-8-5-12(6-9-13)15-10-7-11-3-1-2-4-14(11)17-15/h1-10,15H/t15-/m1/s1. The van der Waals surface area contributed by atoms with Crippen LogP contribution >= 0.6 is 23.4 Å². The third kappa shape index (κ3) is 2.26. The van der Waals surface area contributed by atoms with Crippen LogP contribution in [0.3, 0.4) is 0 Å². The van der Waals surface area contributed by atoms with Crippen molar-refractivity contribution in [2.75, 3.05) is 0 Å². The van der Waals surface area contributed by atoms with Gasteiger partial charge in [-0.3, -0.25) is 0 Å². The number of halogens is 1. The lowest BCUT2D eigenvalue weighted by Crippen LogP contribution is -1.95. The first-order valence-corrected chi connectivity index (χ1v) is 6.78. The van der Waals surface area contributed by atoms with Gasteiger partial charge in [-0.2, -0.15) is 0 Å². The molecule has 2 aromatic carbocycles. The summed E-state index contributed by atoms with van der Waals surface area (Å²) in [6.07, 6.45) is 4.45. The lowest BCUT2D eigenvalue weighted by molar-refractivity contribution is 1.20. The minimum Gasteiger partial charge on any atom is -0.113 e. The van der Waals surface area contributed by atoms with Crippen LogP contribution < -0.4 is 0 Å². The smallest absolute Gasteiger partial charge is 0.0528 e. The molecule has 1 heterocycles. The molecule has 1 aliphatic heterocycles. The van der Waals surface area contributed by atoms with Crippen LogP contribution in [0.4, 0.5) is 0 Å². The summed E-state index contributed by atoms with van der Waals surface area (Å²) in [4.78, 5) is 1.34. The molecule has 0 saturated carbocycles. The van der Waals surface area contributed by atoms with Crippen molar-refractivity contribution in [1.82, 2.24) is 0 Å². The number of thioether (sulfide) groups is 1. The van der Waals surface area contributed by atoms with Gasteiger partial charge in [-0.1, -0.05) is 54.1 Å². The predicted octanol–water partition coefficient (Wildman–Crippen LogP) is 5.20. The largest absolute Gasteiger partial charge is 0.113 e. The molecular formula is C15H11ClS. The summed E-state index contributed by atoms with van der Waals surface area (Å²) in [5, 5.41) is 1.18. The molecule has 0 aromatic heterocycles. The van der Waals surface area contributed by atoms with Gasteiger partial charge in [0.2, 0.25) is 0 Å². The van der Waals surface area contributed by atoms with E-state index in [1.165, 1.54) is 16.0 Å². The van der Waals surface area contributed by atoms with Gasteiger partial charge in [0.05, 0.1) is 5.25 Å². The maximum atomic E-state index is 5.91. The summed E-state index contributed by atoms with van der Waals surface area (Å²) in [6, 6.07) is 16.6. The van der Waals surface area contributed by atoms with E-state index in [9.17, 15) is 0 Å². The van der Waals surface area contributed by atoms with Crippen molar-refractivity contribution < 1.29 is 0 Å². The summed E-state index contributed by atoms with van der Waals surface area (Å²) in [6.45, 7) is 0. The van der Waals surface area contributed by atoms with Crippen molar-refractivity contribution in [2.45, 2.75) is 10.1 Å². The highest BCUT2D eigenvalue weighted by atomic mass is 35.5. The Morgan fingerprint density at radius 2 is 1.71 bits per heavy atom. The number of benzene rings is 2. The van der Waals surface area contributed by atoms with Crippen molar-refractivity contribution in [2.24, 2.45) is 0 Å². The highest BCUT2D eigenvalue weighted by Crippen LogP contribution is 2.42. The zero-order valence-corrected chi connectivity index (χ0v) is 10.7. The zero-order chi connectivity index (χ0) is 11.7. The van der Waals surface area contributed by atoms with E-state index in [4.69, 9.17) is 11.6 Å². The van der Waals surface area contributed by atoms with E-state index in [0.717, 1.165) is 5.02 Å². The molecule has 1 aliphatic rings. The van der Waals surface area contributed by atoms with Gasteiger partial charge in [-0.25, -0.2) is 0 Å². The summed E-state index contributed by atoms with van der Waals surface area (Å²) < 4.78 is 0. The van der Waals surface area contributed by atoms with Crippen molar-refractivity contribution in [3.05, 3.63) is 70.8 Å². The van der Waals surface area contributed by atoms with Crippen LogP contribution in [0.25, 0.3) is 6.08 Å². The molecule has 0 saturated heterocycles. The van der Waals surface area contributed by atoms with Crippen LogP contribution in [0.2, 0.25) is 5.02 Å². The van der Waals surface area contributed by atoms with E-state index in [1.54, 1.807) is 0 Å². The van der Waals surface area contributed by atoms with Gasteiger partial charge in [0.15, 0.2) is 0 Å². The van der Waals surface area contributed by atoms with Crippen LogP contribution in [0.1, 0.15) is 16.4 Å². The highest BCUT2D eigenvalue weighted by Gasteiger charge is 2.15. The Morgan fingerprint density at radius 3 is 2.53 bits per heavy atom. The number of rotatable bonds is 1. The fourth-order valence-corrected chi connectivity index (χ4v) is 3.20. The van der Waals surface area contributed by atoms with Crippen LogP contribution in [0.15, 0.2) is 59.5 Å². The Morgan fingerprint density at radius 1 is 0.941 bits per heavy atom. The Hall–Kier alpha value is -1.18. The second-order valence-electron chi connectivity index (χ2n) is 3.99. The SMILES string of the molecule is Clc1ccc([C@H]2C=Cc3ccccc3S2)cc1. The molecule has 17 heavy (non-hydrogen) atoms. The van der Waals surface area contributed by atoms with Crippen LogP contribution in [-0.2, 0) is 0 Å². The van der Waals surface area contributed by atoms with Gasteiger partial charge in [0.1, 0.15) is 0 Å². The lowest BCUT2D eigenvalue weighted by Gasteiger charge is -2.19. The number of hydrogen-bond donors (Lipinski definition) is 0. The van der Waals surface area contributed by atoms with Gasteiger partial charge >= 0.3 is 0 Å². The molecule has 0 radical (unpaired) electrons. The first-order valence-electron chi connectivity index (χ1n) is 5.52.